The molecule has 1 heterocycles. The summed E-state index contributed by atoms with van der Waals surface area (Å²) in [5, 5.41) is 6.10. The number of furan rings is 1. The number of amides is 1. The number of hydrogen-bond acceptors (Lipinski definition) is 4. The van der Waals surface area contributed by atoms with Gasteiger partial charge in [0.15, 0.2) is 5.78 Å². The van der Waals surface area contributed by atoms with E-state index < -0.39 is 6.04 Å². The van der Waals surface area contributed by atoms with Crippen LogP contribution in [0.3, 0.4) is 0 Å². The molecule has 2 aromatic carbocycles. The van der Waals surface area contributed by atoms with Crippen LogP contribution in [0.2, 0.25) is 0 Å². The molecule has 0 saturated heterocycles. The van der Waals surface area contributed by atoms with Gasteiger partial charge in [-0.15, -0.1) is 0 Å². The molecule has 1 aromatic heterocycles. The standard InChI is InChI=1S/C21H20N2O3/c1-15(24)17-9-5-10-18(13-17)23-21(25)20(16-7-3-2-4-8-16)22-14-19-11-6-12-26-19/h2-13,20,22H,14H2,1H3,(H,23,25)/t20-/m1/s1. The highest BCUT2D eigenvalue weighted by Gasteiger charge is 2.20. The van der Waals surface area contributed by atoms with E-state index in [0.29, 0.717) is 17.8 Å². The van der Waals surface area contributed by atoms with Crippen molar-refractivity contribution < 1.29 is 14.0 Å². The summed E-state index contributed by atoms with van der Waals surface area (Å²) in [6.45, 7) is 1.92. The molecule has 0 saturated carbocycles. The van der Waals surface area contributed by atoms with Crippen LogP contribution in [-0.4, -0.2) is 11.7 Å². The number of rotatable bonds is 7. The molecule has 26 heavy (non-hydrogen) atoms. The first-order valence-corrected chi connectivity index (χ1v) is 8.36. The molecule has 1 atom stereocenters. The maximum atomic E-state index is 12.9. The van der Waals surface area contributed by atoms with Crippen LogP contribution in [0.4, 0.5) is 5.69 Å². The predicted octanol–water partition coefficient (Wildman–Crippen LogP) is 3.95. The summed E-state index contributed by atoms with van der Waals surface area (Å²) < 4.78 is 5.33. The van der Waals surface area contributed by atoms with Crippen molar-refractivity contribution in [2.45, 2.75) is 19.5 Å². The lowest BCUT2D eigenvalue weighted by molar-refractivity contribution is -0.118. The van der Waals surface area contributed by atoms with Gasteiger partial charge in [0.2, 0.25) is 5.91 Å². The summed E-state index contributed by atoms with van der Waals surface area (Å²) in [5.74, 6) is 0.498. The highest BCUT2D eigenvalue weighted by atomic mass is 16.3. The first kappa shape index (κ1) is 17.6. The van der Waals surface area contributed by atoms with Crippen LogP contribution in [0, 0.1) is 0 Å². The summed E-state index contributed by atoms with van der Waals surface area (Å²) in [4.78, 5) is 24.4. The number of anilines is 1. The molecule has 0 aliphatic rings. The second kappa shape index (κ2) is 8.27. The molecular formula is C21H20N2O3. The maximum absolute atomic E-state index is 12.9. The number of carbonyl (C=O) groups is 2. The van der Waals surface area contributed by atoms with Crippen LogP contribution in [-0.2, 0) is 11.3 Å². The first-order chi connectivity index (χ1) is 12.6. The van der Waals surface area contributed by atoms with Crippen molar-refractivity contribution in [2.24, 2.45) is 0 Å². The molecule has 0 spiro atoms. The molecule has 3 rings (SSSR count). The van der Waals surface area contributed by atoms with Gasteiger partial charge in [0.05, 0.1) is 12.8 Å². The molecule has 1 amide bonds. The van der Waals surface area contributed by atoms with Gasteiger partial charge >= 0.3 is 0 Å². The molecule has 0 unspecified atom stereocenters. The monoisotopic (exact) mass is 348 g/mol. The number of ketones is 1. The Morgan fingerprint density at radius 2 is 1.81 bits per heavy atom. The zero-order valence-electron chi connectivity index (χ0n) is 14.4. The van der Waals surface area contributed by atoms with Gasteiger partial charge in [-0.25, -0.2) is 0 Å². The van der Waals surface area contributed by atoms with Gasteiger partial charge in [-0.05, 0) is 36.8 Å². The van der Waals surface area contributed by atoms with Crippen molar-refractivity contribution in [1.29, 1.82) is 0 Å². The number of Topliss-reactive ketones (excluding diaryl/α,β-unsaturated/α-hetero) is 1. The van der Waals surface area contributed by atoms with Crippen molar-refractivity contribution in [1.82, 2.24) is 5.32 Å². The smallest absolute Gasteiger partial charge is 0.246 e. The predicted molar refractivity (Wildman–Crippen MR) is 99.8 cm³/mol. The minimum absolute atomic E-state index is 0.0448. The Kier molecular flexibility index (Phi) is 5.61. The van der Waals surface area contributed by atoms with Crippen molar-refractivity contribution in [3.63, 3.8) is 0 Å². The lowest BCUT2D eigenvalue weighted by atomic mass is 10.1. The fraction of sp³-hybridized carbons (Fsp3) is 0.143. The van der Waals surface area contributed by atoms with Crippen LogP contribution in [0.1, 0.15) is 34.6 Å². The van der Waals surface area contributed by atoms with Crippen LogP contribution in [0.5, 0.6) is 0 Å². The SMILES string of the molecule is CC(=O)c1cccc(NC(=O)[C@H](NCc2ccco2)c2ccccc2)c1. The molecule has 2 N–H and O–H groups in total. The zero-order chi connectivity index (χ0) is 18.4. The van der Waals surface area contributed by atoms with Gasteiger partial charge < -0.3 is 9.73 Å². The maximum Gasteiger partial charge on any atom is 0.246 e. The molecule has 0 bridgehead atoms. The molecule has 0 aliphatic heterocycles. The van der Waals surface area contributed by atoms with Crippen molar-refractivity contribution in [3.8, 4) is 0 Å². The highest BCUT2D eigenvalue weighted by molar-refractivity contribution is 5.98. The second-order valence-electron chi connectivity index (χ2n) is 5.93. The van der Waals surface area contributed by atoms with E-state index >= 15 is 0 Å². The Bertz CT molecular complexity index is 873. The summed E-state index contributed by atoms with van der Waals surface area (Å²) in [6, 6.07) is 19.5. The molecule has 0 radical (unpaired) electrons. The zero-order valence-corrected chi connectivity index (χ0v) is 14.4. The third-order valence-electron chi connectivity index (χ3n) is 3.99. The lowest BCUT2D eigenvalue weighted by Gasteiger charge is -2.18. The van der Waals surface area contributed by atoms with E-state index in [9.17, 15) is 9.59 Å². The van der Waals surface area contributed by atoms with Crippen LogP contribution in [0.25, 0.3) is 0 Å². The Morgan fingerprint density at radius 3 is 2.50 bits per heavy atom. The minimum Gasteiger partial charge on any atom is -0.468 e. The fourth-order valence-electron chi connectivity index (χ4n) is 2.65. The Labute approximate surface area is 152 Å². The van der Waals surface area contributed by atoms with Crippen LogP contribution < -0.4 is 10.6 Å². The third-order valence-corrected chi connectivity index (χ3v) is 3.99. The minimum atomic E-state index is -0.553. The number of nitrogens with one attached hydrogen (secondary N) is 2. The van der Waals surface area contributed by atoms with Gasteiger partial charge in [0, 0.05) is 11.3 Å². The van der Waals surface area contributed by atoms with Gasteiger partial charge in [-0.3, -0.25) is 14.9 Å². The summed E-state index contributed by atoms with van der Waals surface area (Å²) in [7, 11) is 0. The van der Waals surface area contributed by atoms with Gasteiger partial charge in [-0.1, -0.05) is 42.5 Å². The number of carbonyl (C=O) groups excluding carboxylic acids is 2. The van der Waals surface area contributed by atoms with Gasteiger partial charge in [0.1, 0.15) is 11.8 Å². The van der Waals surface area contributed by atoms with E-state index in [2.05, 4.69) is 10.6 Å². The Morgan fingerprint density at radius 1 is 1.00 bits per heavy atom. The number of benzene rings is 2. The summed E-state index contributed by atoms with van der Waals surface area (Å²) >= 11 is 0. The Balaban J connectivity index is 1.78. The molecule has 0 aliphatic carbocycles. The highest BCUT2D eigenvalue weighted by Crippen LogP contribution is 2.18. The van der Waals surface area contributed by atoms with Crippen LogP contribution in [0.15, 0.2) is 77.4 Å². The van der Waals surface area contributed by atoms with E-state index in [1.165, 1.54) is 6.92 Å². The van der Waals surface area contributed by atoms with Gasteiger partial charge in [0.25, 0.3) is 0 Å². The lowest BCUT2D eigenvalue weighted by Crippen LogP contribution is -2.32. The summed E-state index contributed by atoms with van der Waals surface area (Å²) in [6.07, 6.45) is 1.60. The van der Waals surface area contributed by atoms with Crippen molar-refractivity contribution in [3.05, 3.63) is 89.9 Å². The first-order valence-electron chi connectivity index (χ1n) is 8.36. The Hall–Kier alpha value is -3.18. The van der Waals surface area contributed by atoms with E-state index in [4.69, 9.17) is 4.42 Å². The van der Waals surface area contributed by atoms with Crippen molar-refractivity contribution in [2.75, 3.05) is 5.32 Å². The molecule has 5 heteroatoms. The molecule has 0 fully saturated rings. The second-order valence-corrected chi connectivity index (χ2v) is 5.93. The third kappa shape index (κ3) is 4.46. The normalized spacial score (nSPS) is 11.7. The van der Waals surface area contributed by atoms with Crippen LogP contribution >= 0.6 is 0 Å². The van der Waals surface area contributed by atoms with E-state index in [1.54, 1.807) is 30.5 Å². The van der Waals surface area contributed by atoms with E-state index in [1.807, 2.05) is 42.5 Å². The quantitative estimate of drug-likeness (QED) is 0.634. The molecular weight excluding hydrogens is 328 g/mol. The molecule has 3 aromatic rings. The van der Waals surface area contributed by atoms with E-state index in [0.717, 1.165) is 11.3 Å². The van der Waals surface area contributed by atoms with E-state index in [-0.39, 0.29) is 11.7 Å². The van der Waals surface area contributed by atoms with Crippen molar-refractivity contribution >= 4 is 17.4 Å². The number of hydrogen-bond donors (Lipinski definition) is 2. The molecule has 132 valence electrons. The van der Waals surface area contributed by atoms with Gasteiger partial charge in [-0.2, -0.15) is 0 Å². The summed E-state index contributed by atoms with van der Waals surface area (Å²) in [5.41, 5.74) is 1.99. The molecule has 5 nitrogen and oxygen atoms in total. The average Bonchev–Trinajstić information content (AvgIpc) is 3.16. The largest absolute Gasteiger partial charge is 0.468 e. The fourth-order valence-corrected chi connectivity index (χ4v) is 2.65. The topological polar surface area (TPSA) is 71.3 Å². The average molecular weight is 348 g/mol.